The van der Waals surface area contributed by atoms with Crippen molar-refractivity contribution in [3.05, 3.63) is 111 Å². The number of methoxy groups -OCH3 is 1. The van der Waals surface area contributed by atoms with E-state index >= 15 is 4.39 Å². The Morgan fingerprint density at radius 2 is 1.75 bits per heavy atom. The number of halogens is 3. The van der Waals surface area contributed by atoms with E-state index in [4.69, 9.17) is 21.1 Å². The monoisotopic (exact) mass is 562 g/mol. The van der Waals surface area contributed by atoms with E-state index < -0.39 is 23.1 Å². The minimum atomic E-state index is -0.786. The van der Waals surface area contributed by atoms with Gasteiger partial charge >= 0.3 is 0 Å². The number of benzene rings is 2. The summed E-state index contributed by atoms with van der Waals surface area (Å²) in [5, 5.41) is 2.74. The molecular formula is C29H21ClF2N4O4. The van der Waals surface area contributed by atoms with Gasteiger partial charge in [0.05, 0.1) is 23.8 Å². The van der Waals surface area contributed by atoms with Crippen molar-refractivity contribution in [1.29, 1.82) is 0 Å². The highest BCUT2D eigenvalue weighted by molar-refractivity contribution is 6.32. The molecule has 11 heteroatoms. The summed E-state index contributed by atoms with van der Waals surface area (Å²) >= 11 is 6.46. The number of nitrogens with zero attached hydrogens (tertiary/aromatic N) is 3. The summed E-state index contributed by atoms with van der Waals surface area (Å²) in [7, 11) is 1.51. The highest BCUT2D eigenvalue weighted by atomic mass is 35.5. The first-order chi connectivity index (χ1) is 19.2. The lowest BCUT2D eigenvalue weighted by Gasteiger charge is -2.17. The van der Waals surface area contributed by atoms with E-state index in [9.17, 15) is 14.0 Å². The highest BCUT2D eigenvalue weighted by Gasteiger charge is 2.23. The Morgan fingerprint density at radius 1 is 1.00 bits per heavy atom. The van der Waals surface area contributed by atoms with Crippen molar-refractivity contribution in [2.45, 2.75) is 13.8 Å². The first kappa shape index (κ1) is 26.8. The van der Waals surface area contributed by atoms with Crippen molar-refractivity contribution in [3.8, 4) is 22.9 Å². The molecule has 2 aromatic carbocycles. The quantitative estimate of drug-likeness (QED) is 0.258. The van der Waals surface area contributed by atoms with Crippen molar-refractivity contribution < 1.29 is 23.0 Å². The molecule has 0 unspecified atom stereocenters. The van der Waals surface area contributed by atoms with Gasteiger partial charge in [-0.25, -0.2) is 13.8 Å². The SMILES string of the molecule is COc1cnc2c(Oc3ccc(NC(=O)c4c(C)c(Cl)c(C)n(-c5ccc(F)cc5)c4=O)cc3F)ccnc2c1. The van der Waals surface area contributed by atoms with Gasteiger partial charge in [0.25, 0.3) is 11.5 Å². The molecule has 3 heterocycles. The number of rotatable bonds is 6. The molecule has 0 saturated carbocycles. The molecule has 1 amide bonds. The van der Waals surface area contributed by atoms with Crippen LogP contribution in [-0.2, 0) is 0 Å². The Labute approximate surface area is 231 Å². The largest absolute Gasteiger partial charge is 0.495 e. The second-order valence-electron chi connectivity index (χ2n) is 8.77. The Balaban J connectivity index is 1.44. The Kier molecular flexibility index (Phi) is 7.19. The van der Waals surface area contributed by atoms with E-state index in [2.05, 4.69) is 15.3 Å². The summed E-state index contributed by atoms with van der Waals surface area (Å²) in [5.74, 6) is -1.36. The van der Waals surface area contributed by atoms with E-state index in [1.54, 1.807) is 26.0 Å². The molecule has 0 radical (unpaired) electrons. The molecular weight excluding hydrogens is 542 g/mol. The number of ether oxygens (including phenoxy) is 2. The molecule has 0 bridgehead atoms. The molecule has 0 atom stereocenters. The molecule has 202 valence electrons. The lowest BCUT2D eigenvalue weighted by Crippen LogP contribution is -2.31. The van der Waals surface area contributed by atoms with E-state index in [1.807, 2.05) is 0 Å². The van der Waals surface area contributed by atoms with Gasteiger partial charge in [0.15, 0.2) is 17.3 Å². The van der Waals surface area contributed by atoms with Crippen LogP contribution in [0.2, 0.25) is 5.02 Å². The van der Waals surface area contributed by atoms with Crippen LogP contribution in [-0.4, -0.2) is 27.6 Å². The molecule has 5 rings (SSSR count). The zero-order valence-corrected chi connectivity index (χ0v) is 22.2. The summed E-state index contributed by atoms with van der Waals surface area (Å²) in [5.41, 5.74) is 1.09. The van der Waals surface area contributed by atoms with Gasteiger partial charge in [-0.2, -0.15) is 0 Å². The third kappa shape index (κ3) is 4.96. The molecule has 3 aromatic heterocycles. The number of hydrogen-bond acceptors (Lipinski definition) is 6. The number of anilines is 1. The van der Waals surface area contributed by atoms with E-state index in [0.29, 0.717) is 28.2 Å². The predicted octanol–water partition coefficient (Wildman–Crippen LogP) is 6.38. The Hall–Kier alpha value is -4.83. The smallest absolute Gasteiger partial charge is 0.268 e. The van der Waals surface area contributed by atoms with Gasteiger partial charge in [-0.1, -0.05) is 11.6 Å². The average molecular weight is 563 g/mol. The normalized spacial score (nSPS) is 10.9. The Morgan fingerprint density at radius 3 is 2.45 bits per heavy atom. The fourth-order valence-electron chi connectivity index (χ4n) is 4.23. The van der Waals surface area contributed by atoms with Crippen LogP contribution in [0.25, 0.3) is 16.7 Å². The second kappa shape index (κ2) is 10.7. The molecule has 0 aliphatic rings. The van der Waals surface area contributed by atoms with E-state index in [1.165, 1.54) is 60.5 Å². The summed E-state index contributed by atoms with van der Waals surface area (Å²) in [6.07, 6.45) is 2.99. The van der Waals surface area contributed by atoms with Crippen LogP contribution in [0.5, 0.6) is 17.2 Å². The minimum Gasteiger partial charge on any atom is -0.495 e. The summed E-state index contributed by atoms with van der Waals surface area (Å²) in [4.78, 5) is 35.1. The standard InChI is InChI=1S/C29H21ClF2N4O4/c1-15-25(29(38)36(16(2)26(15)30)19-7-4-17(31)5-8-19)28(37)35-18-6-9-23(21(32)12-18)40-24-10-11-33-22-13-20(39-3)14-34-27(22)24/h4-14H,1-3H3,(H,35,37). The van der Waals surface area contributed by atoms with Crippen LogP contribution >= 0.6 is 11.6 Å². The number of amides is 1. The molecule has 8 nitrogen and oxygen atoms in total. The number of carbonyl (C=O) groups is 1. The van der Waals surface area contributed by atoms with Crippen molar-refractivity contribution in [2.75, 3.05) is 12.4 Å². The van der Waals surface area contributed by atoms with Gasteiger partial charge in [-0.3, -0.25) is 19.1 Å². The third-order valence-corrected chi connectivity index (χ3v) is 6.80. The number of hydrogen-bond donors (Lipinski definition) is 1. The van der Waals surface area contributed by atoms with Gasteiger partial charge in [0.1, 0.15) is 22.6 Å². The van der Waals surface area contributed by atoms with Crippen molar-refractivity contribution in [1.82, 2.24) is 14.5 Å². The van der Waals surface area contributed by atoms with Crippen LogP contribution < -0.4 is 20.3 Å². The molecule has 0 saturated heterocycles. The molecule has 5 aromatic rings. The molecule has 0 aliphatic carbocycles. The summed E-state index contributed by atoms with van der Waals surface area (Å²) < 4.78 is 40.6. The lowest BCUT2D eigenvalue weighted by molar-refractivity contribution is 0.102. The zero-order chi connectivity index (χ0) is 28.6. The number of pyridine rings is 3. The molecule has 40 heavy (non-hydrogen) atoms. The number of nitrogens with one attached hydrogen (secondary N) is 1. The van der Waals surface area contributed by atoms with Crippen LogP contribution in [0.4, 0.5) is 14.5 Å². The van der Waals surface area contributed by atoms with Gasteiger partial charge < -0.3 is 14.8 Å². The zero-order valence-electron chi connectivity index (χ0n) is 21.5. The summed E-state index contributed by atoms with van der Waals surface area (Å²) in [6.45, 7) is 3.16. The minimum absolute atomic E-state index is 0.0844. The van der Waals surface area contributed by atoms with Gasteiger partial charge in [-0.05, 0) is 55.8 Å². The van der Waals surface area contributed by atoms with Crippen LogP contribution in [0, 0.1) is 25.5 Å². The van der Waals surface area contributed by atoms with Gasteiger partial charge in [-0.15, -0.1) is 0 Å². The average Bonchev–Trinajstić information content (AvgIpc) is 2.94. The van der Waals surface area contributed by atoms with E-state index in [0.717, 1.165) is 6.07 Å². The van der Waals surface area contributed by atoms with Crippen LogP contribution in [0.1, 0.15) is 21.6 Å². The van der Waals surface area contributed by atoms with Crippen LogP contribution in [0.15, 0.2) is 71.8 Å². The first-order valence-corrected chi connectivity index (χ1v) is 12.3. The molecule has 0 spiro atoms. The van der Waals surface area contributed by atoms with Crippen LogP contribution in [0.3, 0.4) is 0 Å². The van der Waals surface area contributed by atoms with E-state index in [-0.39, 0.29) is 33.3 Å². The summed E-state index contributed by atoms with van der Waals surface area (Å²) in [6, 6.07) is 12.3. The maximum Gasteiger partial charge on any atom is 0.268 e. The topological polar surface area (TPSA) is 95.3 Å². The fourth-order valence-corrected chi connectivity index (χ4v) is 4.41. The van der Waals surface area contributed by atoms with Crippen molar-refractivity contribution in [3.63, 3.8) is 0 Å². The maximum atomic E-state index is 15.1. The van der Waals surface area contributed by atoms with Gasteiger partial charge in [0.2, 0.25) is 0 Å². The van der Waals surface area contributed by atoms with Crippen molar-refractivity contribution >= 4 is 34.2 Å². The van der Waals surface area contributed by atoms with Gasteiger partial charge in [0, 0.05) is 41.5 Å². The lowest BCUT2D eigenvalue weighted by atomic mass is 10.1. The fraction of sp³-hybridized carbons (Fsp3) is 0.103. The predicted molar refractivity (Wildman–Crippen MR) is 147 cm³/mol. The Bertz CT molecular complexity index is 1840. The molecule has 0 aliphatic heterocycles. The number of aromatic nitrogens is 3. The molecule has 0 fully saturated rings. The number of fused-ring (bicyclic) bond motifs is 1. The highest BCUT2D eigenvalue weighted by Crippen LogP contribution is 2.32. The second-order valence-corrected chi connectivity index (χ2v) is 9.15. The first-order valence-electron chi connectivity index (χ1n) is 11.9. The third-order valence-electron chi connectivity index (χ3n) is 6.25. The maximum absolute atomic E-state index is 15.1. The van der Waals surface area contributed by atoms with Crippen molar-refractivity contribution in [2.24, 2.45) is 0 Å². The molecule has 1 N–H and O–H groups in total. The number of carbonyl (C=O) groups excluding carboxylic acids is 1.